The van der Waals surface area contributed by atoms with E-state index in [9.17, 15) is 4.79 Å². The summed E-state index contributed by atoms with van der Waals surface area (Å²) in [7, 11) is 0. The second-order valence-corrected chi connectivity index (χ2v) is 5.03. The van der Waals surface area contributed by atoms with Crippen LogP contribution < -0.4 is 4.74 Å². The standard InChI is InChI=1S/C17H16O2/c1-11-6-5-8-14(12(11)2)17(18)16-10-13-7-3-4-9-15(13)19-16/h3-9,16H,10H2,1-2H3. The lowest BCUT2D eigenvalue weighted by Crippen LogP contribution is -2.26. The van der Waals surface area contributed by atoms with Crippen molar-refractivity contribution in [2.75, 3.05) is 0 Å². The quantitative estimate of drug-likeness (QED) is 0.765. The van der Waals surface area contributed by atoms with Gasteiger partial charge in [-0.1, -0.05) is 36.4 Å². The first-order valence-electron chi connectivity index (χ1n) is 6.52. The number of rotatable bonds is 2. The SMILES string of the molecule is Cc1cccc(C(=O)C2Cc3ccccc3O2)c1C. The van der Waals surface area contributed by atoms with Crippen molar-refractivity contribution in [1.82, 2.24) is 0 Å². The van der Waals surface area contributed by atoms with E-state index in [2.05, 4.69) is 0 Å². The van der Waals surface area contributed by atoms with Crippen molar-refractivity contribution < 1.29 is 9.53 Å². The van der Waals surface area contributed by atoms with Crippen molar-refractivity contribution >= 4 is 5.78 Å². The molecule has 0 fully saturated rings. The summed E-state index contributed by atoms with van der Waals surface area (Å²) in [5.74, 6) is 0.920. The molecule has 19 heavy (non-hydrogen) atoms. The number of para-hydroxylation sites is 1. The molecule has 0 bridgehead atoms. The van der Waals surface area contributed by atoms with Crippen molar-refractivity contribution in [3.05, 3.63) is 64.7 Å². The number of aryl methyl sites for hydroxylation is 1. The maximum atomic E-state index is 12.6. The van der Waals surface area contributed by atoms with E-state index in [1.54, 1.807) is 0 Å². The zero-order chi connectivity index (χ0) is 13.4. The molecule has 3 rings (SSSR count). The predicted octanol–water partition coefficient (Wildman–Crippen LogP) is 3.49. The van der Waals surface area contributed by atoms with E-state index in [1.807, 2.05) is 56.3 Å². The highest BCUT2D eigenvalue weighted by molar-refractivity contribution is 6.01. The van der Waals surface area contributed by atoms with Gasteiger partial charge in [0.15, 0.2) is 6.10 Å². The summed E-state index contributed by atoms with van der Waals surface area (Å²) < 4.78 is 5.77. The molecule has 0 amide bonds. The van der Waals surface area contributed by atoms with Gasteiger partial charge in [-0.3, -0.25) is 4.79 Å². The molecule has 2 heteroatoms. The average Bonchev–Trinajstić information content (AvgIpc) is 2.85. The van der Waals surface area contributed by atoms with E-state index in [0.29, 0.717) is 6.42 Å². The second-order valence-electron chi connectivity index (χ2n) is 5.03. The Balaban J connectivity index is 1.89. The molecule has 0 radical (unpaired) electrons. The fraction of sp³-hybridized carbons (Fsp3) is 0.235. The number of ketones is 1. The molecule has 0 saturated carbocycles. The van der Waals surface area contributed by atoms with Gasteiger partial charge in [0.1, 0.15) is 5.75 Å². The van der Waals surface area contributed by atoms with E-state index in [-0.39, 0.29) is 11.9 Å². The number of carbonyl (C=O) groups is 1. The third-order valence-electron chi connectivity index (χ3n) is 3.81. The number of ether oxygens (including phenoxy) is 1. The number of hydrogen-bond acceptors (Lipinski definition) is 2. The lowest BCUT2D eigenvalue weighted by molar-refractivity contribution is 0.0824. The van der Waals surface area contributed by atoms with Gasteiger partial charge in [0.25, 0.3) is 0 Å². The zero-order valence-corrected chi connectivity index (χ0v) is 11.1. The van der Waals surface area contributed by atoms with Gasteiger partial charge in [0, 0.05) is 12.0 Å². The van der Waals surface area contributed by atoms with E-state index in [4.69, 9.17) is 4.74 Å². The van der Waals surface area contributed by atoms with E-state index < -0.39 is 0 Å². The van der Waals surface area contributed by atoms with Crippen LogP contribution >= 0.6 is 0 Å². The Labute approximate surface area is 113 Å². The zero-order valence-electron chi connectivity index (χ0n) is 11.1. The Morgan fingerprint density at radius 3 is 2.68 bits per heavy atom. The van der Waals surface area contributed by atoms with Crippen molar-refractivity contribution in [2.24, 2.45) is 0 Å². The van der Waals surface area contributed by atoms with Gasteiger partial charge in [-0.2, -0.15) is 0 Å². The van der Waals surface area contributed by atoms with Crippen molar-refractivity contribution in [3.63, 3.8) is 0 Å². The number of fused-ring (bicyclic) bond motifs is 1. The number of carbonyl (C=O) groups excluding carboxylic acids is 1. The van der Waals surface area contributed by atoms with Gasteiger partial charge in [-0.05, 0) is 36.6 Å². The number of hydrogen-bond donors (Lipinski definition) is 0. The monoisotopic (exact) mass is 252 g/mol. The Bertz CT molecular complexity index is 618. The molecule has 2 aromatic carbocycles. The Morgan fingerprint density at radius 2 is 1.89 bits per heavy atom. The molecule has 1 heterocycles. The fourth-order valence-corrected chi connectivity index (χ4v) is 2.52. The largest absolute Gasteiger partial charge is 0.482 e. The van der Waals surface area contributed by atoms with Crippen LogP contribution in [-0.2, 0) is 6.42 Å². The van der Waals surface area contributed by atoms with Crippen LogP contribution in [0.1, 0.15) is 27.0 Å². The second kappa shape index (κ2) is 4.54. The van der Waals surface area contributed by atoms with Crippen LogP contribution in [0, 0.1) is 13.8 Å². The predicted molar refractivity (Wildman–Crippen MR) is 74.8 cm³/mol. The Hall–Kier alpha value is -2.09. The van der Waals surface area contributed by atoms with Crippen LogP contribution in [0.4, 0.5) is 0 Å². The first-order chi connectivity index (χ1) is 9.16. The summed E-state index contributed by atoms with van der Waals surface area (Å²) >= 11 is 0. The molecular formula is C17H16O2. The van der Waals surface area contributed by atoms with Crippen LogP contribution in [-0.4, -0.2) is 11.9 Å². The minimum absolute atomic E-state index is 0.0809. The topological polar surface area (TPSA) is 26.3 Å². The highest BCUT2D eigenvalue weighted by Crippen LogP contribution is 2.30. The first-order valence-corrected chi connectivity index (χ1v) is 6.52. The highest BCUT2D eigenvalue weighted by atomic mass is 16.5. The minimum atomic E-state index is -0.377. The summed E-state index contributed by atoms with van der Waals surface area (Å²) in [6, 6.07) is 13.7. The van der Waals surface area contributed by atoms with E-state index in [1.165, 1.54) is 0 Å². The van der Waals surface area contributed by atoms with Gasteiger partial charge in [0.2, 0.25) is 5.78 Å². The number of Topliss-reactive ketones (excluding diaryl/α,β-unsaturated/α-hetero) is 1. The number of benzene rings is 2. The van der Waals surface area contributed by atoms with Crippen LogP contribution in [0.2, 0.25) is 0 Å². The summed E-state index contributed by atoms with van der Waals surface area (Å²) in [6.45, 7) is 4.01. The van der Waals surface area contributed by atoms with Gasteiger partial charge in [-0.15, -0.1) is 0 Å². The maximum absolute atomic E-state index is 12.6. The third kappa shape index (κ3) is 2.03. The molecule has 2 aromatic rings. The average molecular weight is 252 g/mol. The molecule has 1 atom stereocenters. The highest BCUT2D eigenvalue weighted by Gasteiger charge is 2.30. The van der Waals surface area contributed by atoms with Crippen molar-refractivity contribution in [1.29, 1.82) is 0 Å². The van der Waals surface area contributed by atoms with Crippen molar-refractivity contribution in [3.8, 4) is 5.75 Å². The minimum Gasteiger partial charge on any atom is -0.482 e. The van der Waals surface area contributed by atoms with Crippen LogP contribution in [0.25, 0.3) is 0 Å². The lowest BCUT2D eigenvalue weighted by Gasteiger charge is -2.12. The smallest absolute Gasteiger partial charge is 0.203 e. The van der Waals surface area contributed by atoms with Gasteiger partial charge >= 0.3 is 0 Å². The molecule has 2 nitrogen and oxygen atoms in total. The molecule has 96 valence electrons. The fourth-order valence-electron chi connectivity index (χ4n) is 2.52. The van der Waals surface area contributed by atoms with Gasteiger partial charge < -0.3 is 4.74 Å². The summed E-state index contributed by atoms with van der Waals surface area (Å²) in [5.41, 5.74) is 4.08. The Morgan fingerprint density at radius 1 is 1.11 bits per heavy atom. The molecule has 0 aliphatic carbocycles. The van der Waals surface area contributed by atoms with Crippen LogP contribution in [0.15, 0.2) is 42.5 Å². The summed E-state index contributed by atoms with van der Waals surface area (Å²) in [6.07, 6.45) is 0.292. The molecule has 1 aliphatic heterocycles. The molecule has 0 spiro atoms. The molecular weight excluding hydrogens is 236 g/mol. The Kier molecular flexibility index (Phi) is 2.86. The van der Waals surface area contributed by atoms with Crippen molar-refractivity contribution in [2.45, 2.75) is 26.4 Å². The first kappa shape index (κ1) is 12.0. The van der Waals surface area contributed by atoms with Gasteiger partial charge in [0.05, 0.1) is 0 Å². The summed E-state index contributed by atoms with van der Waals surface area (Å²) in [5, 5.41) is 0. The molecule has 0 N–H and O–H groups in total. The van der Waals surface area contributed by atoms with E-state index in [0.717, 1.165) is 28.0 Å². The maximum Gasteiger partial charge on any atom is 0.203 e. The summed E-state index contributed by atoms with van der Waals surface area (Å²) in [4.78, 5) is 12.6. The molecule has 0 aromatic heterocycles. The molecule has 0 saturated heterocycles. The van der Waals surface area contributed by atoms with Crippen LogP contribution in [0.5, 0.6) is 5.75 Å². The van der Waals surface area contributed by atoms with Crippen LogP contribution in [0.3, 0.4) is 0 Å². The van der Waals surface area contributed by atoms with E-state index >= 15 is 0 Å². The molecule has 1 aliphatic rings. The molecule has 1 unspecified atom stereocenters. The van der Waals surface area contributed by atoms with Gasteiger partial charge in [-0.25, -0.2) is 0 Å². The normalized spacial score (nSPS) is 16.8. The third-order valence-corrected chi connectivity index (χ3v) is 3.81. The lowest BCUT2D eigenvalue weighted by atomic mass is 9.96.